The van der Waals surface area contributed by atoms with Gasteiger partial charge < -0.3 is 10.1 Å². The molecule has 1 N–H and O–H groups in total. The molecule has 1 rings (SSSR count). The van der Waals surface area contributed by atoms with Gasteiger partial charge in [-0.05, 0) is 32.2 Å². The van der Waals surface area contributed by atoms with Gasteiger partial charge in [0.25, 0.3) is 0 Å². The first-order chi connectivity index (χ1) is 8.58. The molecule has 0 spiro atoms. The number of rotatable bonds is 7. The van der Waals surface area contributed by atoms with Crippen LogP contribution in [0.1, 0.15) is 47.5 Å². The number of nitrogens with zero attached hydrogens (tertiary/aromatic N) is 1. The smallest absolute Gasteiger partial charge is 0.0674 e. The van der Waals surface area contributed by atoms with Gasteiger partial charge in [0.05, 0.1) is 12.7 Å². The highest BCUT2D eigenvalue weighted by molar-refractivity contribution is 4.84. The molecule has 3 nitrogen and oxygen atoms in total. The zero-order valence-electron chi connectivity index (χ0n) is 12.9. The Morgan fingerprint density at radius 1 is 1.28 bits per heavy atom. The summed E-state index contributed by atoms with van der Waals surface area (Å²) in [5.74, 6) is 0.730. The Balaban J connectivity index is 2.49. The van der Waals surface area contributed by atoms with Gasteiger partial charge in [-0.1, -0.05) is 27.7 Å². The van der Waals surface area contributed by atoms with E-state index in [9.17, 15) is 0 Å². The van der Waals surface area contributed by atoms with Gasteiger partial charge in [0.2, 0.25) is 0 Å². The molecule has 0 saturated carbocycles. The predicted molar refractivity (Wildman–Crippen MR) is 78.0 cm³/mol. The molecule has 1 aliphatic rings. The molecule has 0 aromatic carbocycles. The minimum absolute atomic E-state index is 0.381. The SMILES string of the molecule is CCC(CNCC(C)C)N1CC(C)OCC1CC. The van der Waals surface area contributed by atoms with Crippen molar-refractivity contribution in [3.05, 3.63) is 0 Å². The summed E-state index contributed by atoms with van der Waals surface area (Å²) in [7, 11) is 0. The van der Waals surface area contributed by atoms with Gasteiger partial charge in [-0.25, -0.2) is 0 Å². The summed E-state index contributed by atoms with van der Waals surface area (Å²) in [5, 5.41) is 3.61. The quantitative estimate of drug-likeness (QED) is 0.757. The summed E-state index contributed by atoms with van der Waals surface area (Å²) in [5.41, 5.74) is 0. The first-order valence-corrected chi connectivity index (χ1v) is 7.66. The Morgan fingerprint density at radius 2 is 2.00 bits per heavy atom. The first-order valence-electron chi connectivity index (χ1n) is 7.66. The molecule has 1 saturated heterocycles. The number of nitrogens with one attached hydrogen (secondary N) is 1. The molecular formula is C15H32N2O. The minimum Gasteiger partial charge on any atom is -0.376 e. The average Bonchev–Trinajstić information content (AvgIpc) is 2.34. The fraction of sp³-hybridized carbons (Fsp3) is 1.00. The lowest BCUT2D eigenvalue weighted by Gasteiger charge is -2.43. The third kappa shape index (κ3) is 4.87. The van der Waals surface area contributed by atoms with Crippen LogP contribution in [-0.4, -0.2) is 49.3 Å². The Labute approximate surface area is 113 Å². The number of morpholine rings is 1. The van der Waals surface area contributed by atoms with Crippen LogP contribution in [0.15, 0.2) is 0 Å². The largest absolute Gasteiger partial charge is 0.376 e. The maximum Gasteiger partial charge on any atom is 0.0674 e. The topological polar surface area (TPSA) is 24.5 Å². The molecule has 18 heavy (non-hydrogen) atoms. The lowest BCUT2D eigenvalue weighted by atomic mass is 10.0. The number of hydrogen-bond donors (Lipinski definition) is 1. The summed E-state index contributed by atoms with van der Waals surface area (Å²) < 4.78 is 5.79. The number of hydrogen-bond acceptors (Lipinski definition) is 3. The van der Waals surface area contributed by atoms with E-state index in [2.05, 4.69) is 44.8 Å². The van der Waals surface area contributed by atoms with Gasteiger partial charge in [-0.3, -0.25) is 4.90 Å². The van der Waals surface area contributed by atoms with Crippen LogP contribution in [-0.2, 0) is 4.74 Å². The fourth-order valence-electron chi connectivity index (χ4n) is 2.70. The molecular weight excluding hydrogens is 224 g/mol. The van der Waals surface area contributed by atoms with E-state index in [1.54, 1.807) is 0 Å². The van der Waals surface area contributed by atoms with E-state index < -0.39 is 0 Å². The van der Waals surface area contributed by atoms with Crippen LogP contribution in [0.25, 0.3) is 0 Å². The molecule has 0 radical (unpaired) electrons. The molecule has 1 heterocycles. The predicted octanol–water partition coefficient (Wildman–Crippen LogP) is 2.51. The van der Waals surface area contributed by atoms with E-state index >= 15 is 0 Å². The van der Waals surface area contributed by atoms with Crippen LogP contribution >= 0.6 is 0 Å². The van der Waals surface area contributed by atoms with Crippen molar-refractivity contribution in [2.24, 2.45) is 5.92 Å². The van der Waals surface area contributed by atoms with Crippen molar-refractivity contribution >= 4 is 0 Å². The summed E-state index contributed by atoms with van der Waals surface area (Å²) in [6.07, 6.45) is 2.79. The number of ether oxygens (including phenoxy) is 1. The highest BCUT2D eigenvalue weighted by atomic mass is 16.5. The lowest BCUT2D eigenvalue weighted by molar-refractivity contribution is -0.0726. The lowest BCUT2D eigenvalue weighted by Crippen LogP contribution is -2.55. The van der Waals surface area contributed by atoms with Crippen molar-refractivity contribution in [3.8, 4) is 0 Å². The zero-order chi connectivity index (χ0) is 13.5. The van der Waals surface area contributed by atoms with Gasteiger partial charge in [-0.15, -0.1) is 0 Å². The zero-order valence-corrected chi connectivity index (χ0v) is 12.9. The highest BCUT2D eigenvalue weighted by Gasteiger charge is 2.30. The third-order valence-electron chi connectivity index (χ3n) is 3.85. The molecule has 3 heteroatoms. The Bertz CT molecular complexity index is 221. The van der Waals surface area contributed by atoms with Crippen LogP contribution in [0, 0.1) is 5.92 Å². The van der Waals surface area contributed by atoms with E-state index in [-0.39, 0.29) is 0 Å². The van der Waals surface area contributed by atoms with Gasteiger partial charge in [0.15, 0.2) is 0 Å². The molecule has 3 atom stereocenters. The monoisotopic (exact) mass is 256 g/mol. The second kappa shape index (κ2) is 8.13. The van der Waals surface area contributed by atoms with Gasteiger partial charge in [0.1, 0.15) is 0 Å². The van der Waals surface area contributed by atoms with E-state index in [1.165, 1.54) is 12.8 Å². The van der Waals surface area contributed by atoms with E-state index in [0.29, 0.717) is 18.2 Å². The van der Waals surface area contributed by atoms with Crippen molar-refractivity contribution in [2.75, 3.05) is 26.2 Å². The molecule has 0 aliphatic carbocycles. The Morgan fingerprint density at radius 3 is 2.56 bits per heavy atom. The van der Waals surface area contributed by atoms with E-state index in [4.69, 9.17) is 4.74 Å². The Kier molecular flexibility index (Phi) is 7.20. The minimum atomic E-state index is 0.381. The summed E-state index contributed by atoms with van der Waals surface area (Å²) in [6, 6.07) is 1.26. The van der Waals surface area contributed by atoms with Gasteiger partial charge in [0, 0.05) is 25.2 Å². The van der Waals surface area contributed by atoms with Crippen molar-refractivity contribution in [3.63, 3.8) is 0 Å². The summed E-state index contributed by atoms with van der Waals surface area (Å²) in [4.78, 5) is 2.67. The van der Waals surface area contributed by atoms with Crippen molar-refractivity contribution in [1.82, 2.24) is 10.2 Å². The molecule has 0 bridgehead atoms. The maximum atomic E-state index is 5.79. The van der Waals surface area contributed by atoms with Crippen LogP contribution in [0.2, 0.25) is 0 Å². The van der Waals surface area contributed by atoms with Crippen molar-refractivity contribution < 1.29 is 4.74 Å². The van der Waals surface area contributed by atoms with Crippen LogP contribution in [0.3, 0.4) is 0 Å². The standard InChI is InChI=1S/C15H32N2O/c1-6-14(9-16-8-12(3)4)17-10-13(5)18-11-15(17)7-2/h12-16H,6-11H2,1-5H3. The molecule has 3 unspecified atom stereocenters. The van der Waals surface area contributed by atoms with E-state index in [1.807, 2.05) is 0 Å². The van der Waals surface area contributed by atoms with Crippen LogP contribution in [0.4, 0.5) is 0 Å². The molecule has 1 fully saturated rings. The second-order valence-electron chi connectivity index (χ2n) is 6.02. The summed E-state index contributed by atoms with van der Waals surface area (Å²) in [6.45, 7) is 15.5. The molecule has 0 aromatic rings. The van der Waals surface area contributed by atoms with Crippen LogP contribution in [0.5, 0.6) is 0 Å². The fourth-order valence-corrected chi connectivity index (χ4v) is 2.70. The van der Waals surface area contributed by atoms with Crippen molar-refractivity contribution in [1.29, 1.82) is 0 Å². The highest BCUT2D eigenvalue weighted by Crippen LogP contribution is 2.19. The normalized spacial score (nSPS) is 27.7. The average molecular weight is 256 g/mol. The molecule has 108 valence electrons. The summed E-state index contributed by atoms with van der Waals surface area (Å²) >= 11 is 0. The maximum absolute atomic E-state index is 5.79. The van der Waals surface area contributed by atoms with Crippen LogP contribution < -0.4 is 5.32 Å². The van der Waals surface area contributed by atoms with Gasteiger partial charge in [-0.2, -0.15) is 0 Å². The van der Waals surface area contributed by atoms with E-state index in [0.717, 1.165) is 32.2 Å². The first kappa shape index (κ1) is 15.9. The third-order valence-corrected chi connectivity index (χ3v) is 3.85. The van der Waals surface area contributed by atoms with Gasteiger partial charge >= 0.3 is 0 Å². The second-order valence-corrected chi connectivity index (χ2v) is 6.02. The van der Waals surface area contributed by atoms with Crippen molar-refractivity contribution in [2.45, 2.75) is 65.6 Å². The molecule has 0 amide bonds. The molecule has 1 aliphatic heterocycles. The Hall–Kier alpha value is -0.120. The molecule has 0 aromatic heterocycles.